The summed E-state index contributed by atoms with van der Waals surface area (Å²) < 4.78 is 4.96. The van der Waals surface area contributed by atoms with Gasteiger partial charge in [-0.15, -0.1) is 0 Å². The van der Waals surface area contributed by atoms with E-state index < -0.39 is 0 Å². The van der Waals surface area contributed by atoms with Gasteiger partial charge in [0.1, 0.15) is 0 Å². The van der Waals surface area contributed by atoms with Gasteiger partial charge in [0.2, 0.25) is 5.89 Å². The maximum Gasteiger partial charge on any atom is 0.254 e. The van der Waals surface area contributed by atoms with Crippen LogP contribution in [0.25, 0.3) is 0 Å². The first-order valence-electron chi connectivity index (χ1n) is 6.55. The smallest absolute Gasteiger partial charge is 0.254 e. The summed E-state index contributed by atoms with van der Waals surface area (Å²) in [5.41, 5.74) is 0.789. The first-order chi connectivity index (χ1) is 9.72. The molecule has 7 heteroatoms. The third-order valence-electron chi connectivity index (χ3n) is 3.36. The van der Waals surface area contributed by atoms with Crippen LogP contribution in [0.5, 0.6) is 0 Å². The van der Waals surface area contributed by atoms with Crippen LogP contribution in [0.2, 0.25) is 0 Å². The Morgan fingerprint density at radius 1 is 1.40 bits per heavy atom. The second-order valence-corrected chi connectivity index (χ2v) is 5.59. The van der Waals surface area contributed by atoms with Gasteiger partial charge in [0.15, 0.2) is 5.82 Å². The van der Waals surface area contributed by atoms with Gasteiger partial charge in [0.25, 0.3) is 5.91 Å². The first-order valence-corrected chi connectivity index (χ1v) is 7.49. The highest BCUT2D eigenvalue weighted by atomic mass is 32.1. The van der Waals surface area contributed by atoms with E-state index in [0.29, 0.717) is 18.3 Å². The van der Waals surface area contributed by atoms with Gasteiger partial charge in [-0.1, -0.05) is 5.16 Å². The Labute approximate surface area is 121 Å². The molecule has 3 rings (SSSR count). The van der Waals surface area contributed by atoms with Crippen LogP contribution in [0.15, 0.2) is 21.3 Å². The van der Waals surface area contributed by atoms with Crippen LogP contribution in [-0.4, -0.2) is 52.0 Å². The van der Waals surface area contributed by atoms with E-state index in [2.05, 4.69) is 15.0 Å². The lowest BCUT2D eigenvalue weighted by Crippen LogP contribution is -2.48. The summed E-state index contributed by atoms with van der Waals surface area (Å²) >= 11 is 1.55. The fourth-order valence-corrected chi connectivity index (χ4v) is 2.91. The number of thiophene rings is 1. The first kappa shape index (κ1) is 13.3. The predicted molar refractivity (Wildman–Crippen MR) is 74.5 cm³/mol. The van der Waals surface area contributed by atoms with Gasteiger partial charge >= 0.3 is 0 Å². The second-order valence-electron chi connectivity index (χ2n) is 4.81. The highest BCUT2D eigenvalue weighted by molar-refractivity contribution is 7.08. The number of nitrogens with zero attached hydrogens (tertiary/aromatic N) is 4. The number of rotatable bonds is 3. The van der Waals surface area contributed by atoms with Crippen molar-refractivity contribution in [3.63, 3.8) is 0 Å². The molecular weight excluding hydrogens is 276 g/mol. The minimum atomic E-state index is 0.126. The van der Waals surface area contributed by atoms with Gasteiger partial charge in [0.05, 0.1) is 12.1 Å². The monoisotopic (exact) mass is 292 g/mol. The van der Waals surface area contributed by atoms with Crippen molar-refractivity contribution in [2.75, 3.05) is 26.2 Å². The minimum Gasteiger partial charge on any atom is -0.340 e. The summed E-state index contributed by atoms with van der Waals surface area (Å²) in [6, 6.07) is 1.88. The number of aromatic nitrogens is 2. The van der Waals surface area contributed by atoms with E-state index in [1.54, 1.807) is 18.3 Å². The second kappa shape index (κ2) is 5.72. The third-order valence-corrected chi connectivity index (χ3v) is 4.05. The molecular formula is C13H16N4O2S. The number of carbonyl (C=O) groups is 1. The lowest BCUT2D eigenvalue weighted by Gasteiger charge is -2.33. The summed E-state index contributed by atoms with van der Waals surface area (Å²) in [6.07, 6.45) is 0. The molecule has 0 bridgehead atoms. The molecule has 0 atom stereocenters. The van der Waals surface area contributed by atoms with Gasteiger partial charge in [-0.2, -0.15) is 16.3 Å². The van der Waals surface area contributed by atoms with E-state index in [1.165, 1.54) is 0 Å². The molecule has 0 aromatic carbocycles. The highest BCUT2D eigenvalue weighted by Gasteiger charge is 2.23. The molecule has 0 radical (unpaired) electrons. The summed E-state index contributed by atoms with van der Waals surface area (Å²) in [5, 5.41) is 7.73. The molecule has 3 heterocycles. The van der Waals surface area contributed by atoms with Crippen LogP contribution >= 0.6 is 11.3 Å². The normalized spacial score (nSPS) is 16.6. The number of hydrogen-bond acceptors (Lipinski definition) is 6. The van der Waals surface area contributed by atoms with Gasteiger partial charge < -0.3 is 9.42 Å². The highest BCUT2D eigenvalue weighted by Crippen LogP contribution is 2.12. The Hall–Kier alpha value is -1.73. The SMILES string of the molecule is Cc1nc(CN2CCN(C(=O)c3ccsc3)CC2)no1. The van der Waals surface area contributed by atoms with Gasteiger partial charge in [0, 0.05) is 38.5 Å². The molecule has 20 heavy (non-hydrogen) atoms. The van der Waals surface area contributed by atoms with E-state index in [1.807, 2.05) is 21.7 Å². The molecule has 0 unspecified atom stereocenters. The topological polar surface area (TPSA) is 62.5 Å². The molecule has 1 aliphatic rings. The van der Waals surface area contributed by atoms with Crippen LogP contribution in [0.4, 0.5) is 0 Å². The standard InChI is InChI=1S/C13H16N4O2S/c1-10-14-12(15-19-10)8-16-3-5-17(6-4-16)13(18)11-2-7-20-9-11/h2,7,9H,3-6,8H2,1H3. The molecule has 1 fully saturated rings. The molecule has 0 N–H and O–H groups in total. The number of amides is 1. The Morgan fingerprint density at radius 2 is 2.20 bits per heavy atom. The molecule has 1 aliphatic heterocycles. The molecule has 1 amide bonds. The largest absolute Gasteiger partial charge is 0.340 e. The Morgan fingerprint density at radius 3 is 2.80 bits per heavy atom. The molecule has 2 aromatic heterocycles. The van der Waals surface area contributed by atoms with E-state index in [-0.39, 0.29) is 5.91 Å². The Kier molecular flexibility index (Phi) is 3.79. The summed E-state index contributed by atoms with van der Waals surface area (Å²) in [4.78, 5) is 20.5. The van der Waals surface area contributed by atoms with Crippen molar-refractivity contribution >= 4 is 17.2 Å². The molecule has 106 valence electrons. The summed E-state index contributed by atoms with van der Waals surface area (Å²) in [5.74, 6) is 1.42. The van der Waals surface area contributed by atoms with E-state index >= 15 is 0 Å². The Balaban J connectivity index is 1.53. The van der Waals surface area contributed by atoms with E-state index in [0.717, 1.165) is 31.7 Å². The number of carbonyl (C=O) groups excluding carboxylic acids is 1. The molecule has 1 saturated heterocycles. The van der Waals surface area contributed by atoms with Gasteiger partial charge in [-0.3, -0.25) is 9.69 Å². The lowest BCUT2D eigenvalue weighted by molar-refractivity contribution is 0.0625. The molecule has 0 spiro atoms. The summed E-state index contributed by atoms with van der Waals surface area (Å²) in [6.45, 7) is 5.62. The van der Waals surface area contributed by atoms with Crippen molar-refractivity contribution in [2.45, 2.75) is 13.5 Å². The molecule has 0 saturated carbocycles. The van der Waals surface area contributed by atoms with Crippen molar-refractivity contribution in [3.05, 3.63) is 34.1 Å². The van der Waals surface area contributed by atoms with Crippen molar-refractivity contribution in [1.82, 2.24) is 19.9 Å². The quantitative estimate of drug-likeness (QED) is 0.855. The zero-order valence-electron chi connectivity index (χ0n) is 11.3. The van der Waals surface area contributed by atoms with Crippen LogP contribution in [0, 0.1) is 6.92 Å². The fourth-order valence-electron chi connectivity index (χ4n) is 2.28. The zero-order chi connectivity index (χ0) is 13.9. The van der Waals surface area contributed by atoms with E-state index in [4.69, 9.17) is 4.52 Å². The van der Waals surface area contributed by atoms with Crippen LogP contribution < -0.4 is 0 Å². The van der Waals surface area contributed by atoms with Gasteiger partial charge in [-0.05, 0) is 11.4 Å². The maximum atomic E-state index is 12.2. The number of piperazine rings is 1. The average molecular weight is 292 g/mol. The van der Waals surface area contributed by atoms with Crippen LogP contribution in [0.1, 0.15) is 22.1 Å². The zero-order valence-corrected chi connectivity index (χ0v) is 12.1. The minimum absolute atomic E-state index is 0.126. The average Bonchev–Trinajstić information content (AvgIpc) is 3.11. The molecule has 2 aromatic rings. The maximum absolute atomic E-state index is 12.2. The molecule has 0 aliphatic carbocycles. The van der Waals surface area contributed by atoms with E-state index in [9.17, 15) is 4.79 Å². The lowest BCUT2D eigenvalue weighted by atomic mass is 10.2. The van der Waals surface area contributed by atoms with Crippen molar-refractivity contribution in [1.29, 1.82) is 0 Å². The van der Waals surface area contributed by atoms with Gasteiger partial charge in [-0.25, -0.2) is 0 Å². The fraction of sp³-hybridized carbons (Fsp3) is 0.462. The Bertz CT molecular complexity index is 573. The third kappa shape index (κ3) is 2.88. The molecule has 6 nitrogen and oxygen atoms in total. The van der Waals surface area contributed by atoms with Crippen LogP contribution in [0.3, 0.4) is 0 Å². The number of aryl methyl sites for hydroxylation is 1. The predicted octanol–water partition coefficient (Wildman–Crippen LogP) is 1.40. The number of hydrogen-bond donors (Lipinski definition) is 0. The van der Waals surface area contributed by atoms with Crippen LogP contribution in [-0.2, 0) is 6.54 Å². The van der Waals surface area contributed by atoms with Crippen molar-refractivity contribution in [3.8, 4) is 0 Å². The van der Waals surface area contributed by atoms with Crippen molar-refractivity contribution < 1.29 is 9.32 Å². The summed E-state index contributed by atoms with van der Waals surface area (Å²) in [7, 11) is 0. The van der Waals surface area contributed by atoms with Crippen molar-refractivity contribution in [2.24, 2.45) is 0 Å².